The van der Waals surface area contributed by atoms with Gasteiger partial charge in [0, 0.05) is 0 Å². The van der Waals surface area contributed by atoms with Crippen molar-refractivity contribution in [1.82, 2.24) is 4.98 Å². The fraction of sp³-hybridized carbons (Fsp3) is 0.118. The third-order valence-corrected chi connectivity index (χ3v) is 5.40. The molecule has 1 unspecified atom stereocenters. The van der Waals surface area contributed by atoms with Crippen molar-refractivity contribution >= 4 is 32.8 Å². The summed E-state index contributed by atoms with van der Waals surface area (Å²) in [5, 5.41) is 9.07. The van der Waals surface area contributed by atoms with Gasteiger partial charge in [-0.05, 0) is 23.8 Å². The molecule has 0 saturated carbocycles. The van der Waals surface area contributed by atoms with Gasteiger partial charge < -0.3 is 15.3 Å². The van der Waals surface area contributed by atoms with Crippen molar-refractivity contribution in [3.63, 3.8) is 0 Å². The highest BCUT2D eigenvalue weighted by Crippen LogP contribution is 2.25. The number of rotatable bonds is 6. The highest BCUT2D eigenvalue weighted by atomic mass is 32.2. The van der Waals surface area contributed by atoms with Crippen LogP contribution in [0.5, 0.6) is 0 Å². The molecule has 0 aliphatic heterocycles. The number of carbonyl (C=O) groups excluding carboxylic acids is 1. The number of primary amides is 1. The Hall–Kier alpha value is -3.20. The summed E-state index contributed by atoms with van der Waals surface area (Å²) in [5.74, 6) is -4.95. The summed E-state index contributed by atoms with van der Waals surface area (Å²) in [6.07, 6.45) is 0. The number of hydrogen-bond donors (Lipinski definition) is 2. The summed E-state index contributed by atoms with van der Waals surface area (Å²) in [5.41, 5.74) is 5.98. The molecule has 2 aromatic carbocycles. The lowest BCUT2D eigenvalue weighted by Crippen LogP contribution is -2.28. The monoisotopic (exact) mass is 374 g/mol. The smallest absolute Gasteiger partial charge is 0.325 e. The maximum absolute atomic E-state index is 12.6. The topological polar surface area (TPSA) is 141 Å². The molecule has 1 atom stereocenters. The van der Waals surface area contributed by atoms with Crippen LogP contribution in [0.25, 0.3) is 11.1 Å². The average molecular weight is 374 g/mol. The number of hydrogen-bond acceptors (Lipinski definition) is 6. The molecule has 0 spiro atoms. The van der Waals surface area contributed by atoms with E-state index in [0.29, 0.717) is 5.56 Å². The van der Waals surface area contributed by atoms with Gasteiger partial charge in [0.15, 0.2) is 15.4 Å². The predicted octanol–water partition coefficient (Wildman–Crippen LogP) is 1.46. The van der Waals surface area contributed by atoms with E-state index in [2.05, 4.69) is 4.98 Å². The first-order chi connectivity index (χ1) is 12.3. The summed E-state index contributed by atoms with van der Waals surface area (Å²) in [7, 11) is -3.64. The van der Waals surface area contributed by atoms with Gasteiger partial charge in [0.25, 0.3) is 0 Å². The van der Waals surface area contributed by atoms with Crippen LogP contribution in [0, 0.1) is 0 Å². The number of carboxylic acid groups (broad SMARTS) is 1. The Morgan fingerprint density at radius 1 is 1.15 bits per heavy atom. The molecule has 1 aromatic heterocycles. The van der Waals surface area contributed by atoms with Gasteiger partial charge in [-0.15, -0.1) is 0 Å². The highest BCUT2D eigenvalue weighted by Gasteiger charge is 2.31. The van der Waals surface area contributed by atoms with Gasteiger partial charge >= 0.3 is 5.97 Å². The second-order valence-electron chi connectivity index (χ2n) is 5.60. The molecule has 0 fully saturated rings. The van der Waals surface area contributed by atoms with Crippen LogP contribution in [0.4, 0.5) is 0 Å². The normalized spacial score (nSPS) is 12.8. The van der Waals surface area contributed by atoms with Crippen molar-refractivity contribution in [2.24, 2.45) is 5.73 Å². The number of nitrogens with zero attached hydrogens (tertiary/aromatic N) is 1. The van der Waals surface area contributed by atoms with Gasteiger partial charge in [0.05, 0.1) is 10.6 Å². The third-order valence-electron chi connectivity index (χ3n) is 3.71. The lowest BCUT2D eigenvalue weighted by atomic mass is 10.1. The summed E-state index contributed by atoms with van der Waals surface area (Å²) in [4.78, 5) is 26.4. The average Bonchev–Trinajstić information content (AvgIpc) is 2.96. The van der Waals surface area contributed by atoms with Crippen molar-refractivity contribution in [3.8, 4) is 0 Å². The number of aliphatic carboxylic acids is 1. The van der Waals surface area contributed by atoms with E-state index < -0.39 is 33.5 Å². The van der Waals surface area contributed by atoms with Crippen LogP contribution in [0.2, 0.25) is 0 Å². The lowest BCUT2D eigenvalue weighted by Gasteiger charge is -2.04. The van der Waals surface area contributed by atoms with E-state index in [4.69, 9.17) is 15.3 Å². The Labute approximate surface area is 148 Å². The van der Waals surface area contributed by atoms with Crippen LogP contribution >= 0.6 is 0 Å². The van der Waals surface area contributed by atoms with E-state index in [0.717, 1.165) is 0 Å². The number of benzene rings is 2. The van der Waals surface area contributed by atoms with Gasteiger partial charge in [-0.25, -0.2) is 13.4 Å². The van der Waals surface area contributed by atoms with Gasteiger partial charge in [0.1, 0.15) is 5.52 Å². The van der Waals surface area contributed by atoms with Crippen LogP contribution < -0.4 is 5.73 Å². The van der Waals surface area contributed by atoms with Gasteiger partial charge in [-0.3, -0.25) is 9.59 Å². The molecule has 3 N–H and O–H groups in total. The minimum Gasteiger partial charge on any atom is -0.480 e. The molecular weight excluding hydrogens is 360 g/mol. The highest BCUT2D eigenvalue weighted by molar-refractivity contribution is 7.90. The zero-order valence-electron chi connectivity index (χ0n) is 13.3. The summed E-state index contributed by atoms with van der Waals surface area (Å²) in [6, 6.07) is 12.7. The molecular formula is C17H14N2O6S. The minimum absolute atomic E-state index is 0.0136. The second-order valence-corrected chi connectivity index (χ2v) is 7.59. The summed E-state index contributed by atoms with van der Waals surface area (Å²) < 4.78 is 30.4. The van der Waals surface area contributed by atoms with E-state index >= 15 is 0 Å². The largest absolute Gasteiger partial charge is 0.480 e. The number of aromatic nitrogens is 1. The van der Waals surface area contributed by atoms with Crippen molar-refractivity contribution in [2.75, 3.05) is 0 Å². The number of carbonyl (C=O) groups is 2. The van der Waals surface area contributed by atoms with Gasteiger partial charge in [-0.1, -0.05) is 30.3 Å². The lowest BCUT2D eigenvalue weighted by molar-refractivity contribution is -0.142. The molecule has 0 aliphatic carbocycles. The molecule has 9 heteroatoms. The van der Waals surface area contributed by atoms with E-state index in [1.807, 2.05) is 0 Å². The molecule has 3 aromatic rings. The van der Waals surface area contributed by atoms with Crippen LogP contribution in [-0.4, -0.2) is 30.4 Å². The van der Waals surface area contributed by atoms with Crippen molar-refractivity contribution in [3.05, 3.63) is 60.0 Å². The zero-order valence-corrected chi connectivity index (χ0v) is 14.1. The molecule has 3 rings (SSSR count). The van der Waals surface area contributed by atoms with Crippen molar-refractivity contribution in [1.29, 1.82) is 0 Å². The maximum Gasteiger partial charge on any atom is 0.325 e. The SMILES string of the molecule is NC(=O)C(C(=O)O)c1nc2cc(S(=O)(=O)Cc3ccccc3)ccc2o1. The molecule has 0 aliphatic rings. The fourth-order valence-electron chi connectivity index (χ4n) is 2.47. The van der Waals surface area contributed by atoms with Gasteiger partial charge in [-0.2, -0.15) is 0 Å². The number of nitrogens with two attached hydrogens (primary N) is 1. The molecule has 0 saturated heterocycles. The first kappa shape index (κ1) is 17.6. The van der Waals surface area contributed by atoms with Gasteiger partial charge in [0.2, 0.25) is 17.7 Å². The Balaban J connectivity index is 1.99. The zero-order chi connectivity index (χ0) is 18.9. The van der Waals surface area contributed by atoms with Crippen LogP contribution in [0.1, 0.15) is 17.4 Å². The van der Waals surface area contributed by atoms with E-state index in [9.17, 15) is 18.0 Å². The van der Waals surface area contributed by atoms with E-state index in [1.165, 1.54) is 18.2 Å². The molecule has 0 radical (unpaired) electrons. The Bertz CT molecular complexity index is 1070. The Kier molecular flexibility index (Phi) is 4.47. The maximum atomic E-state index is 12.6. The minimum atomic E-state index is -3.64. The van der Waals surface area contributed by atoms with Crippen LogP contribution in [0.15, 0.2) is 57.8 Å². The Morgan fingerprint density at radius 2 is 1.85 bits per heavy atom. The molecule has 134 valence electrons. The van der Waals surface area contributed by atoms with Crippen LogP contribution in [-0.2, 0) is 25.2 Å². The third kappa shape index (κ3) is 3.42. The molecule has 0 bridgehead atoms. The summed E-state index contributed by atoms with van der Waals surface area (Å²) in [6.45, 7) is 0. The molecule has 8 nitrogen and oxygen atoms in total. The standard InChI is InChI=1S/C17H14N2O6S/c18-15(20)14(17(21)22)16-19-12-8-11(6-7-13(12)25-16)26(23,24)9-10-4-2-1-3-5-10/h1-8,14H,9H2,(H2,18,20)(H,21,22). The van der Waals surface area contributed by atoms with Crippen molar-refractivity contribution < 1.29 is 27.5 Å². The second kappa shape index (κ2) is 6.60. The number of fused-ring (bicyclic) bond motifs is 1. The Morgan fingerprint density at radius 3 is 2.46 bits per heavy atom. The van der Waals surface area contributed by atoms with Crippen molar-refractivity contribution in [2.45, 2.75) is 16.6 Å². The van der Waals surface area contributed by atoms with E-state index in [1.54, 1.807) is 30.3 Å². The number of oxazole rings is 1. The summed E-state index contributed by atoms with van der Waals surface area (Å²) >= 11 is 0. The molecule has 1 amide bonds. The number of carboxylic acids is 1. The van der Waals surface area contributed by atoms with Crippen LogP contribution in [0.3, 0.4) is 0 Å². The molecule has 1 heterocycles. The fourth-order valence-corrected chi connectivity index (χ4v) is 3.83. The first-order valence-corrected chi connectivity index (χ1v) is 9.12. The quantitative estimate of drug-likeness (QED) is 0.622. The number of sulfone groups is 1. The predicted molar refractivity (Wildman–Crippen MR) is 90.9 cm³/mol. The first-order valence-electron chi connectivity index (χ1n) is 7.47. The molecule has 26 heavy (non-hydrogen) atoms. The van der Waals surface area contributed by atoms with E-state index in [-0.39, 0.29) is 21.7 Å². The number of amides is 1.